The monoisotopic (exact) mass is 250 g/mol. The molecular formula is C13H18N2O3. The molecule has 0 atom stereocenters. The average Bonchev–Trinajstić information content (AvgIpc) is 2.85. The first-order valence-electron chi connectivity index (χ1n) is 6.27. The maximum atomic E-state index is 12.1. The summed E-state index contributed by atoms with van der Waals surface area (Å²) in [5, 5.41) is 0. The minimum Gasteiger partial charge on any atom is -0.468 e. The SMILES string of the molecule is COc1nc(C)cc(=O)n1CC(=O)C1CCCC1. The number of rotatable bonds is 4. The molecular weight excluding hydrogens is 232 g/mol. The lowest BCUT2D eigenvalue weighted by molar-refractivity contribution is -0.123. The highest BCUT2D eigenvalue weighted by Crippen LogP contribution is 2.26. The Morgan fingerprint density at radius 2 is 2.17 bits per heavy atom. The maximum absolute atomic E-state index is 12.1. The lowest BCUT2D eigenvalue weighted by Crippen LogP contribution is -2.28. The second kappa shape index (κ2) is 5.33. The van der Waals surface area contributed by atoms with Crippen LogP contribution in [0.15, 0.2) is 10.9 Å². The predicted molar refractivity (Wildman–Crippen MR) is 66.8 cm³/mol. The van der Waals surface area contributed by atoms with Crippen molar-refractivity contribution in [3.63, 3.8) is 0 Å². The summed E-state index contributed by atoms with van der Waals surface area (Å²) in [5.41, 5.74) is 0.368. The largest absolute Gasteiger partial charge is 0.468 e. The second-order valence-corrected chi connectivity index (χ2v) is 4.76. The van der Waals surface area contributed by atoms with Crippen LogP contribution in [0.5, 0.6) is 6.01 Å². The number of ketones is 1. The van der Waals surface area contributed by atoms with Crippen LogP contribution in [0.2, 0.25) is 0 Å². The van der Waals surface area contributed by atoms with E-state index < -0.39 is 0 Å². The van der Waals surface area contributed by atoms with Crippen LogP contribution in [0.1, 0.15) is 31.4 Å². The number of ether oxygens (including phenoxy) is 1. The molecule has 5 heteroatoms. The molecule has 0 saturated heterocycles. The fraction of sp³-hybridized carbons (Fsp3) is 0.615. The molecule has 0 radical (unpaired) electrons. The van der Waals surface area contributed by atoms with Gasteiger partial charge in [-0.15, -0.1) is 0 Å². The number of carbonyl (C=O) groups excluding carboxylic acids is 1. The molecule has 5 nitrogen and oxygen atoms in total. The summed E-state index contributed by atoms with van der Waals surface area (Å²) >= 11 is 0. The number of nitrogens with zero attached hydrogens (tertiary/aromatic N) is 2. The quantitative estimate of drug-likeness (QED) is 0.808. The summed E-state index contributed by atoms with van der Waals surface area (Å²) < 4.78 is 6.38. The van der Waals surface area contributed by atoms with Crippen LogP contribution in [0.4, 0.5) is 0 Å². The second-order valence-electron chi connectivity index (χ2n) is 4.76. The molecule has 0 unspecified atom stereocenters. The molecule has 1 fully saturated rings. The van der Waals surface area contributed by atoms with Crippen molar-refractivity contribution < 1.29 is 9.53 Å². The van der Waals surface area contributed by atoms with E-state index >= 15 is 0 Å². The zero-order valence-electron chi connectivity index (χ0n) is 10.8. The van der Waals surface area contributed by atoms with Gasteiger partial charge in [0.2, 0.25) is 0 Å². The van der Waals surface area contributed by atoms with E-state index in [4.69, 9.17) is 4.74 Å². The van der Waals surface area contributed by atoms with E-state index in [1.165, 1.54) is 17.7 Å². The van der Waals surface area contributed by atoms with Gasteiger partial charge in [0.15, 0.2) is 5.78 Å². The lowest BCUT2D eigenvalue weighted by atomic mass is 10.0. The summed E-state index contributed by atoms with van der Waals surface area (Å²) in [7, 11) is 1.46. The molecule has 0 aromatic carbocycles. The Bertz CT molecular complexity index is 501. The van der Waals surface area contributed by atoms with Gasteiger partial charge in [-0.1, -0.05) is 12.8 Å². The Morgan fingerprint density at radius 1 is 1.50 bits per heavy atom. The number of hydrogen-bond donors (Lipinski definition) is 0. The van der Waals surface area contributed by atoms with Gasteiger partial charge in [-0.05, 0) is 19.8 Å². The van der Waals surface area contributed by atoms with Crippen LogP contribution in [0.3, 0.4) is 0 Å². The number of Topliss-reactive ketones (excluding diaryl/α,β-unsaturated/α-hetero) is 1. The highest BCUT2D eigenvalue weighted by Gasteiger charge is 2.24. The smallest absolute Gasteiger partial charge is 0.299 e. The van der Waals surface area contributed by atoms with E-state index in [2.05, 4.69) is 4.98 Å². The molecule has 1 aromatic rings. The van der Waals surface area contributed by atoms with Crippen molar-refractivity contribution in [1.82, 2.24) is 9.55 Å². The van der Waals surface area contributed by atoms with Gasteiger partial charge in [0, 0.05) is 17.7 Å². The Morgan fingerprint density at radius 3 is 2.78 bits per heavy atom. The van der Waals surface area contributed by atoms with E-state index in [0.717, 1.165) is 25.7 Å². The number of methoxy groups -OCH3 is 1. The third kappa shape index (κ3) is 2.60. The minimum absolute atomic E-state index is 0.0694. The van der Waals surface area contributed by atoms with Gasteiger partial charge in [-0.3, -0.25) is 14.2 Å². The number of aromatic nitrogens is 2. The Kier molecular flexibility index (Phi) is 3.79. The molecule has 0 N–H and O–H groups in total. The first-order chi connectivity index (χ1) is 8.61. The van der Waals surface area contributed by atoms with Crippen molar-refractivity contribution in [1.29, 1.82) is 0 Å². The average molecular weight is 250 g/mol. The maximum Gasteiger partial charge on any atom is 0.299 e. The molecule has 0 bridgehead atoms. The fourth-order valence-electron chi connectivity index (χ4n) is 2.43. The first-order valence-corrected chi connectivity index (χ1v) is 6.27. The molecule has 1 aliphatic rings. The molecule has 1 heterocycles. The zero-order valence-corrected chi connectivity index (χ0v) is 10.8. The fourth-order valence-corrected chi connectivity index (χ4v) is 2.43. The normalized spacial score (nSPS) is 15.9. The van der Waals surface area contributed by atoms with Crippen LogP contribution < -0.4 is 10.3 Å². The number of hydrogen-bond acceptors (Lipinski definition) is 4. The number of aryl methyl sites for hydroxylation is 1. The summed E-state index contributed by atoms with van der Waals surface area (Å²) in [6, 6.07) is 1.64. The van der Waals surface area contributed by atoms with Crippen LogP contribution in [-0.2, 0) is 11.3 Å². The molecule has 18 heavy (non-hydrogen) atoms. The highest BCUT2D eigenvalue weighted by molar-refractivity contribution is 5.81. The lowest BCUT2D eigenvalue weighted by Gasteiger charge is -2.12. The minimum atomic E-state index is -0.231. The molecule has 0 amide bonds. The predicted octanol–water partition coefficient (Wildman–Crippen LogP) is 1.32. The van der Waals surface area contributed by atoms with Gasteiger partial charge in [0.05, 0.1) is 13.7 Å². The third-order valence-electron chi connectivity index (χ3n) is 3.41. The van der Waals surface area contributed by atoms with Crippen LogP contribution in [0, 0.1) is 12.8 Å². The van der Waals surface area contributed by atoms with Crippen molar-refractivity contribution in [2.45, 2.75) is 39.2 Å². The molecule has 1 aliphatic carbocycles. The van der Waals surface area contributed by atoms with E-state index in [1.807, 2.05) is 0 Å². The molecule has 1 saturated carbocycles. The molecule has 98 valence electrons. The van der Waals surface area contributed by atoms with E-state index in [1.54, 1.807) is 6.92 Å². The summed E-state index contributed by atoms with van der Waals surface area (Å²) in [5.74, 6) is 0.210. The summed E-state index contributed by atoms with van der Waals surface area (Å²) in [6.45, 7) is 1.80. The van der Waals surface area contributed by atoms with Gasteiger partial charge in [0.1, 0.15) is 0 Å². The van der Waals surface area contributed by atoms with Crippen LogP contribution >= 0.6 is 0 Å². The molecule has 1 aromatic heterocycles. The van der Waals surface area contributed by atoms with Crippen LogP contribution in [-0.4, -0.2) is 22.4 Å². The zero-order chi connectivity index (χ0) is 13.1. The standard InChI is InChI=1S/C13H18N2O3/c1-9-7-12(17)15(13(14-9)18-2)8-11(16)10-5-3-4-6-10/h7,10H,3-6,8H2,1-2H3. The summed E-state index contributed by atoms with van der Waals surface area (Å²) in [6.07, 6.45) is 4.09. The summed E-state index contributed by atoms with van der Waals surface area (Å²) in [4.78, 5) is 28.1. The van der Waals surface area contributed by atoms with E-state index in [-0.39, 0.29) is 29.8 Å². The van der Waals surface area contributed by atoms with Gasteiger partial charge in [-0.25, -0.2) is 4.98 Å². The number of carbonyl (C=O) groups is 1. The van der Waals surface area contributed by atoms with Crippen LogP contribution in [0.25, 0.3) is 0 Å². The van der Waals surface area contributed by atoms with Gasteiger partial charge in [0.25, 0.3) is 11.6 Å². The third-order valence-corrected chi connectivity index (χ3v) is 3.41. The van der Waals surface area contributed by atoms with Gasteiger partial charge in [-0.2, -0.15) is 0 Å². The Labute approximate surface area is 106 Å². The van der Waals surface area contributed by atoms with Crippen molar-refractivity contribution in [2.75, 3.05) is 7.11 Å². The first kappa shape index (κ1) is 12.8. The van der Waals surface area contributed by atoms with Gasteiger partial charge < -0.3 is 4.74 Å². The molecule has 2 rings (SSSR count). The molecule has 0 aliphatic heterocycles. The van der Waals surface area contributed by atoms with Crippen molar-refractivity contribution >= 4 is 5.78 Å². The van der Waals surface area contributed by atoms with Crippen molar-refractivity contribution in [3.05, 3.63) is 22.1 Å². The highest BCUT2D eigenvalue weighted by atomic mass is 16.5. The van der Waals surface area contributed by atoms with Crippen molar-refractivity contribution in [3.8, 4) is 6.01 Å². The van der Waals surface area contributed by atoms with Gasteiger partial charge >= 0.3 is 0 Å². The van der Waals surface area contributed by atoms with E-state index in [9.17, 15) is 9.59 Å². The Balaban J connectivity index is 2.22. The Hall–Kier alpha value is -1.65. The molecule has 0 spiro atoms. The topological polar surface area (TPSA) is 61.2 Å². The van der Waals surface area contributed by atoms with Crippen molar-refractivity contribution in [2.24, 2.45) is 5.92 Å². The van der Waals surface area contributed by atoms with E-state index in [0.29, 0.717) is 5.69 Å².